The highest BCUT2D eigenvalue weighted by atomic mass is 16.5. The fourth-order valence-corrected chi connectivity index (χ4v) is 1.88. The summed E-state index contributed by atoms with van der Waals surface area (Å²) in [6, 6.07) is 11.7. The molecule has 0 saturated heterocycles. The molecule has 0 fully saturated rings. The van der Waals surface area contributed by atoms with Gasteiger partial charge in [-0.2, -0.15) is 4.98 Å². The smallest absolute Gasteiger partial charge is 0.249 e. The Kier molecular flexibility index (Phi) is 3.25. The van der Waals surface area contributed by atoms with E-state index in [9.17, 15) is 0 Å². The van der Waals surface area contributed by atoms with Crippen molar-refractivity contribution in [3.8, 4) is 11.6 Å². The van der Waals surface area contributed by atoms with Gasteiger partial charge >= 0.3 is 0 Å². The molecule has 1 aromatic carbocycles. The van der Waals surface area contributed by atoms with Crippen molar-refractivity contribution in [2.45, 2.75) is 19.9 Å². The minimum atomic E-state index is -0.0751. The Bertz CT molecular complexity index is 671. The highest BCUT2D eigenvalue weighted by Gasteiger charge is 2.16. The largest absolute Gasteiger partial charge is 0.461 e. The molecule has 2 heterocycles. The van der Waals surface area contributed by atoms with Crippen LogP contribution in [-0.2, 0) is 0 Å². The molecular weight excluding hydrogens is 254 g/mol. The Morgan fingerprint density at radius 2 is 1.95 bits per heavy atom. The molecule has 102 valence electrons. The SMILES string of the molecule is Cc1ccc(N[C@H](C)c2nc(-c3ccco3)no2)cc1. The van der Waals surface area contributed by atoms with Crippen molar-refractivity contribution >= 4 is 5.69 Å². The molecule has 0 aliphatic carbocycles. The van der Waals surface area contributed by atoms with E-state index in [1.807, 2.05) is 19.1 Å². The van der Waals surface area contributed by atoms with E-state index in [0.29, 0.717) is 17.5 Å². The van der Waals surface area contributed by atoms with E-state index in [2.05, 4.69) is 34.5 Å². The van der Waals surface area contributed by atoms with E-state index in [1.165, 1.54) is 5.56 Å². The van der Waals surface area contributed by atoms with Crippen molar-refractivity contribution in [2.75, 3.05) is 5.32 Å². The molecule has 1 atom stereocenters. The molecule has 0 spiro atoms. The van der Waals surface area contributed by atoms with E-state index in [0.717, 1.165) is 5.69 Å². The second kappa shape index (κ2) is 5.21. The van der Waals surface area contributed by atoms with Crippen molar-refractivity contribution in [3.63, 3.8) is 0 Å². The van der Waals surface area contributed by atoms with Crippen LogP contribution in [-0.4, -0.2) is 10.1 Å². The highest BCUT2D eigenvalue weighted by Crippen LogP contribution is 2.21. The van der Waals surface area contributed by atoms with Gasteiger partial charge in [0.1, 0.15) is 6.04 Å². The van der Waals surface area contributed by atoms with Crippen LogP contribution < -0.4 is 5.32 Å². The molecule has 0 unspecified atom stereocenters. The zero-order valence-corrected chi connectivity index (χ0v) is 11.3. The molecule has 0 amide bonds. The summed E-state index contributed by atoms with van der Waals surface area (Å²) in [5, 5.41) is 7.23. The lowest BCUT2D eigenvalue weighted by Gasteiger charge is -2.10. The van der Waals surface area contributed by atoms with Gasteiger partial charge in [0.05, 0.1) is 6.26 Å². The van der Waals surface area contributed by atoms with Crippen LogP contribution in [0, 0.1) is 6.92 Å². The van der Waals surface area contributed by atoms with Gasteiger partial charge in [-0.3, -0.25) is 0 Å². The molecule has 1 N–H and O–H groups in total. The van der Waals surface area contributed by atoms with Crippen LogP contribution in [0.15, 0.2) is 51.6 Å². The number of anilines is 1. The topological polar surface area (TPSA) is 64.1 Å². The molecule has 3 aromatic rings. The molecular formula is C15H15N3O2. The molecule has 0 aliphatic rings. The first-order valence-corrected chi connectivity index (χ1v) is 6.43. The van der Waals surface area contributed by atoms with Crippen LogP contribution >= 0.6 is 0 Å². The van der Waals surface area contributed by atoms with Crippen molar-refractivity contribution in [1.29, 1.82) is 0 Å². The summed E-state index contributed by atoms with van der Waals surface area (Å²) < 4.78 is 10.5. The number of furan rings is 1. The highest BCUT2D eigenvalue weighted by molar-refractivity contribution is 5.47. The maximum atomic E-state index is 5.26. The van der Waals surface area contributed by atoms with Crippen molar-refractivity contribution < 1.29 is 8.94 Å². The van der Waals surface area contributed by atoms with Crippen LogP contribution in [0.2, 0.25) is 0 Å². The lowest BCUT2D eigenvalue weighted by molar-refractivity contribution is 0.367. The number of hydrogen-bond acceptors (Lipinski definition) is 5. The molecule has 0 saturated carbocycles. The Hall–Kier alpha value is -2.56. The Balaban J connectivity index is 1.74. The zero-order valence-electron chi connectivity index (χ0n) is 11.3. The van der Waals surface area contributed by atoms with E-state index >= 15 is 0 Å². The predicted octanol–water partition coefficient (Wildman–Crippen LogP) is 3.81. The maximum Gasteiger partial charge on any atom is 0.249 e. The third-order valence-electron chi connectivity index (χ3n) is 2.99. The standard InChI is InChI=1S/C15H15N3O2/c1-10-5-7-12(8-6-10)16-11(2)15-17-14(18-20-15)13-4-3-9-19-13/h3-9,11,16H,1-2H3/t11-/m1/s1. The van der Waals surface area contributed by atoms with Gasteiger partial charge in [-0.1, -0.05) is 22.9 Å². The second-order valence-electron chi connectivity index (χ2n) is 4.67. The maximum absolute atomic E-state index is 5.26. The zero-order chi connectivity index (χ0) is 13.9. The van der Waals surface area contributed by atoms with Crippen LogP contribution in [0.3, 0.4) is 0 Å². The first kappa shape index (κ1) is 12.5. The summed E-state index contributed by atoms with van der Waals surface area (Å²) in [6.45, 7) is 4.03. The molecule has 20 heavy (non-hydrogen) atoms. The Morgan fingerprint density at radius 3 is 2.65 bits per heavy atom. The number of aromatic nitrogens is 2. The van der Waals surface area contributed by atoms with Gasteiger partial charge in [0.2, 0.25) is 11.7 Å². The lowest BCUT2D eigenvalue weighted by Crippen LogP contribution is -2.06. The number of nitrogens with one attached hydrogen (secondary N) is 1. The third-order valence-corrected chi connectivity index (χ3v) is 2.99. The minimum Gasteiger partial charge on any atom is -0.461 e. The summed E-state index contributed by atoms with van der Waals surface area (Å²) in [5.74, 6) is 1.59. The second-order valence-corrected chi connectivity index (χ2v) is 4.67. The van der Waals surface area contributed by atoms with Crippen LogP contribution in [0.5, 0.6) is 0 Å². The van der Waals surface area contributed by atoms with Gasteiger partial charge in [-0.15, -0.1) is 0 Å². The van der Waals surface area contributed by atoms with E-state index in [1.54, 1.807) is 18.4 Å². The van der Waals surface area contributed by atoms with Crippen molar-refractivity contribution in [3.05, 3.63) is 54.1 Å². The van der Waals surface area contributed by atoms with Crippen molar-refractivity contribution in [1.82, 2.24) is 10.1 Å². The minimum absolute atomic E-state index is 0.0751. The third kappa shape index (κ3) is 2.56. The fourth-order valence-electron chi connectivity index (χ4n) is 1.88. The summed E-state index contributed by atoms with van der Waals surface area (Å²) in [6.07, 6.45) is 1.58. The van der Waals surface area contributed by atoms with E-state index in [4.69, 9.17) is 8.94 Å². The van der Waals surface area contributed by atoms with Gasteiger partial charge in [-0.05, 0) is 38.1 Å². The number of nitrogens with zero attached hydrogens (tertiary/aromatic N) is 2. The van der Waals surface area contributed by atoms with Gasteiger partial charge in [-0.25, -0.2) is 0 Å². The number of aryl methyl sites for hydroxylation is 1. The van der Waals surface area contributed by atoms with Crippen LogP contribution in [0.25, 0.3) is 11.6 Å². The number of hydrogen-bond donors (Lipinski definition) is 1. The molecule has 2 aromatic heterocycles. The molecule has 5 heteroatoms. The molecule has 0 bridgehead atoms. The molecule has 3 rings (SSSR count). The van der Waals surface area contributed by atoms with Gasteiger partial charge in [0, 0.05) is 5.69 Å². The fraction of sp³-hybridized carbons (Fsp3) is 0.200. The van der Waals surface area contributed by atoms with Crippen LogP contribution in [0.4, 0.5) is 5.69 Å². The lowest BCUT2D eigenvalue weighted by atomic mass is 10.2. The average Bonchev–Trinajstić information content (AvgIpc) is 3.11. The average molecular weight is 269 g/mol. The normalized spacial score (nSPS) is 12.3. The first-order valence-electron chi connectivity index (χ1n) is 6.43. The Morgan fingerprint density at radius 1 is 1.15 bits per heavy atom. The summed E-state index contributed by atoms with van der Waals surface area (Å²) in [4.78, 5) is 4.33. The van der Waals surface area contributed by atoms with Gasteiger partial charge < -0.3 is 14.3 Å². The van der Waals surface area contributed by atoms with E-state index < -0.39 is 0 Å². The monoisotopic (exact) mass is 269 g/mol. The number of benzene rings is 1. The first-order chi connectivity index (χ1) is 9.72. The molecule has 0 radical (unpaired) electrons. The van der Waals surface area contributed by atoms with Crippen LogP contribution in [0.1, 0.15) is 24.4 Å². The summed E-state index contributed by atoms with van der Waals surface area (Å²) >= 11 is 0. The van der Waals surface area contributed by atoms with Gasteiger partial charge in [0.25, 0.3) is 0 Å². The quantitative estimate of drug-likeness (QED) is 0.780. The molecule has 5 nitrogen and oxygen atoms in total. The molecule has 0 aliphatic heterocycles. The van der Waals surface area contributed by atoms with E-state index in [-0.39, 0.29) is 6.04 Å². The van der Waals surface area contributed by atoms with Gasteiger partial charge in [0.15, 0.2) is 5.76 Å². The predicted molar refractivity (Wildman–Crippen MR) is 75.2 cm³/mol. The number of rotatable bonds is 4. The summed E-state index contributed by atoms with van der Waals surface area (Å²) in [7, 11) is 0. The van der Waals surface area contributed by atoms with Crippen molar-refractivity contribution in [2.24, 2.45) is 0 Å². The Labute approximate surface area is 116 Å². The summed E-state index contributed by atoms with van der Waals surface area (Å²) in [5.41, 5.74) is 2.24.